The number of halogens is 1. The van der Waals surface area contributed by atoms with Crippen molar-refractivity contribution >= 4 is 28.7 Å². The maximum absolute atomic E-state index is 13.8. The topological polar surface area (TPSA) is 82.6 Å². The number of aromatic nitrogens is 2. The summed E-state index contributed by atoms with van der Waals surface area (Å²) in [4.78, 5) is 29.1. The minimum Gasteiger partial charge on any atom is -0.358 e. The van der Waals surface area contributed by atoms with Crippen molar-refractivity contribution in [2.45, 2.75) is 33.6 Å². The second-order valence-electron chi connectivity index (χ2n) is 13.9. The van der Waals surface area contributed by atoms with Gasteiger partial charge >= 0.3 is 5.69 Å². The molecule has 1 aliphatic heterocycles. The van der Waals surface area contributed by atoms with Gasteiger partial charge in [-0.1, -0.05) is 217 Å². The maximum atomic E-state index is 13.8. The van der Waals surface area contributed by atoms with E-state index in [1.165, 1.54) is 16.8 Å². The number of alkyl halides is 1. The Morgan fingerprint density at radius 3 is 1.35 bits per heavy atom. The van der Waals surface area contributed by atoms with Gasteiger partial charge in [0.05, 0.1) is 22.2 Å². The van der Waals surface area contributed by atoms with E-state index in [4.69, 9.17) is 14.2 Å². The van der Waals surface area contributed by atoms with Gasteiger partial charge in [-0.2, -0.15) is 0 Å². The van der Waals surface area contributed by atoms with Crippen LogP contribution in [0.3, 0.4) is 0 Å². The fourth-order valence-electron chi connectivity index (χ4n) is 7.92. The molecule has 1 N–H and O–H groups in total. The molecule has 6 aromatic carbocycles. The lowest BCUT2D eigenvalue weighted by Crippen LogP contribution is -2.44. The molecule has 1 fully saturated rings. The van der Waals surface area contributed by atoms with Gasteiger partial charge in [-0.05, 0) is 33.4 Å². The molecule has 1 aromatic heterocycles. The third kappa shape index (κ3) is 7.26. The molecule has 1 saturated heterocycles. The summed E-state index contributed by atoms with van der Waals surface area (Å²) in [7, 11) is 0. The molecule has 0 aliphatic carbocycles. The minimum absolute atomic E-state index is 0.129. The standard InChI is InChI=1S/C49H41IN2O5/c1-2-35-33-52(47(54)51-45(35)53)46-44(57-49(39-27-15-6-16-28-39,40-29-17-7-18-30-40)41-31-19-8-20-32-41)43(50)42(56-46)34-55-48(36-21-9-3-10-22-36,37-23-11-4-12-24-37)38-25-13-5-14-26-38/h2-33,42-44,46H,1,34H2,(H,51,53,54)/t42-,43-,44-,46-/m1/s1. The van der Waals surface area contributed by atoms with Crippen molar-refractivity contribution in [2.24, 2.45) is 0 Å². The number of aromatic amines is 1. The third-order valence-corrected chi connectivity index (χ3v) is 12.1. The van der Waals surface area contributed by atoms with Gasteiger partial charge in [0.15, 0.2) is 6.23 Å². The number of hydrogen-bond acceptors (Lipinski definition) is 5. The normalized spacial score (nSPS) is 18.3. The van der Waals surface area contributed by atoms with Crippen LogP contribution in [-0.4, -0.2) is 32.3 Å². The lowest BCUT2D eigenvalue weighted by molar-refractivity contribution is -0.119. The quantitative estimate of drug-likeness (QED) is 0.0711. The van der Waals surface area contributed by atoms with Gasteiger partial charge in [0.1, 0.15) is 17.3 Å². The maximum Gasteiger partial charge on any atom is 0.330 e. The summed E-state index contributed by atoms with van der Waals surface area (Å²) >= 11 is 2.39. The van der Waals surface area contributed by atoms with E-state index >= 15 is 0 Å². The van der Waals surface area contributed by atoms with E-state index in [1.54, 1.807) is 0 Å². The largest absolute Gasteiger partial charge is 0.358 e. The first kappa shape index (κ1) is 38.2. The zero-order valence-corrected chi connectivity index (χ0v) is 33.2. The molecule has 284 valence electrons. The average Bonchev–Trinajstić information content (AvgIpc) is 3.58. The van der Waals surface area contributed by atoms with Crippen molar-refractivity contribution in [3.05, 3.63) is 255 Å². The van der Waals surface area contributed by atoms with E-state index in [2.05, 4.69) is 107 Å². The van der Waals surface area contributed by atoms with Crippen LogP contribution in [0.15, 0.2) is 204 Å². The van der Waals surface area contributed by atoms with Gasteiger partial charge in [0, 0.05) is 6.20 Å². The van der Waals surface area contributed by atoms with Gasteiger partial charge in [-0.25, -0.2) is 4.79 Å². The Labute approximate surface area is 345 Å². The highest BCUT2D eigenvalue weighted by Crippen LogP contribution is 2.48. The number of ether oxygens (including phenoxy) is 3. The van der Waals surface area contributed by atoms with Gasteiger partial charge in [-0.3, -0.25) is 14.3 Å². The summed E-state index contributed by atoms with van der Waals surface area (Å²) < 4.78 is 23.0. The molecule has 0 saturated carbocycles. The van der Waals surface area contributed by atoms with Gasteiger partial charge < -0.3 is 14.2 Å². The number of hydrogen-bond donors (Lipinski definition) is 1. The van der Waals surface area contributed by atoms with Crippen LogP contribution in [0.4, 0.5) is 0 Å². The molecule has 4 atom stereocenters. The minimum atomic E-state index is -1.13. The highest BCUT2D eigenvalue weighted by molar-refractivity contribution is 14.1. The molecular weight excluding hydrogens is 823 g/mol. The molecule has 57 heavy (non-hydrogen) atoms. The first-order valence-electron chi connectivity index (χ1n) is 18.9. The van der Waals surface area contributed by atoms with Gasteiger partial charge in [0.25, 0.3) is 5.56 Å². The predicted molar refractivity (Wildman–Crippen MR) is 232 cm³/mol. The molecule has 8 rings (SSSR count). The monoisotopic (exact) mass is 864 g/mol. The van der Waals surface area contributed by atoms with E-state index in [9.17, 15) is 9.59 Å². The molecule has 0 amide bonds. The summed E-state index contributed by atoms with van der Waals surface area (Å²) in [5.41, 5.74) is 2.52. The van der Waals surface area contributed by atoms with E-state index in [1.807, 2.05) is 109 Å². The van der Waals surface area contributed by atoms with Crippen molar-refractivity contribution in [1.82, 2.24) is 9.55 Å². The van der Waals surface area contributed by atoms with Crippen LogP contribution in [0.2, 0.25) is 0 Å². The van der Waals surface area contributed by atoms with Crippen molar-refractivity contribution in [3.63, 3.8) is 0 Å². The number of benzene rings is 6. The van der Waals surface area contributed by atoms with Crippen molar-refractivity contribution in [1.29, 1.82) is 0 Å². The Hall–Kier alpha value is -5.65. The van der Waals surface area contributed by atoms with Crippen LogP contribution in [0.1, 0.15) is 45.2 Å². The van der Waals surface area contributed by atoms with Crippen LogP contribution >= 0.6 is 22.6 Å². The molecule has 7 aromatic rings. The van der Waals surface area contributed by atoms with E-state index in [0.717, 1.165) is 33.4 Å². The Bertz CT molecular complexity index is 2320. The molecular formula is C49H41IN2O5. The molecule has 0 spiro atoms. The molecule has 0 radical (unpaired) electrons. The molecule has 7 nitrogen and oxygen atoms in total. The van der Waals surface area contributed by atoms with E-state index in [-0.39, 0.29) is 16.1 Å². The fraction of sp³-hybridized carbons (Fsp3) is 0.143. The first-order valence-corrected chi connectivity index (χ1v) is 20.1. The highest BCUT2D eigenvalue weighted by Gasteiger charge is 2.52. The molecule has 1 aliphatic rings. The smallest absolute Gasteiger partial charge is 0.330 e. The second-order valence-corrected chi connectivity index (χ2v) is 15.4. The van der Waals surface area contributed by atoms with Crippen molar-refractivity contribution in [3.8, 4) is 0 Å². The van der Waals surface area contributed by atoms with Crippen LogP contribution in [-0.2, 0) is 25.4 Å². The summed E-state index contributed by atoms with van der Waals surface area (Å²) in [6.07, 6.45) is 0.623. The number of nitrogens with one attached hydrogen (secondary N) is 1. The lowest BCUT2D eigenvalue weighted by atomic mass is 9.79. The molecule has 0 bridgehead atoms. The lowest BCUT2D eigenvalue weighted by Gasteiger charge is -2.40. The third-order valence-electron chi connectivity index (χ3n) is 10.6. The second kappa shape index (κ2) is 16.8. The zero-order valence-electron chi connectivity index (χ0n) is 31.1. The van der Waals surface area contributed by atoms with Gasteiger partial charge in [-0.15, -0.1) is 0 Å². The van der Waals surface area contributed by atoms with Crippen LogP contribution < -0.4 is 11.2 Å². The predicted octanol–water partition coefficient (Wildman–Crippen LogP) is 9.27. The summed E-state index contributed by atoms with van der Waals surface area (Å²) in [6, 6.07) is 60.9. The van der Waals surface area contributed by atoms with E-state index in [0.29, 0.717) is 0 Å². The number of rotatable bonds is 13. The highest BCUT2D eigenvalue weighted by atomic mass is 127. The average molecular weight is 865 g/mol. The van der Waals surface area contributed by atoms with Crippen LogP contribution in [0.25, 0.3) is 6.08 Å². The Balaban J connectivity index is 1.28. The molecule has 0 unspecified atom stereocenters. The van der Waals surface area contributed by atoms with Crippen molar-refractivity contribution in [2.75, 3.05) is 6.61 Å². The Morgan fingerprint density at radius 2 is 0.982 bits per heavy atom. The van der Waals surface area contributed by atoms with Crippen molar-refractivity contribution < 1.29 is 14.2 Å². The first-order chi connectivity index (χ1) is 28.0. The Kier molecular flexibility index (Phi) is 11.3. The number of nitrogens with zero attached hydrogens (tertiary/aromatic N) is 1. The molecule has 8 heteroatoms. The summed E-state index contributed by atoms with van der Waals surface area (Å²) in [5.74, 6) is 0. The number of H-pyrrole nitrogens is 1. The SMILES string of the molecule is C=Cc1cn([C@@H]2O[C@H](COC(c3ccccc3)(c3ccccc3)c3ccccc3)[C@@H](I)[C@H]2OC(c2ccccc2)(c2ccccc2)c2ccccc2)c(=O)[nH]c1=O. The zero-order chi connectivity index (χ0) is 39.2. The van der Waals surface area contributed by atoms with Gasteiger partial charge in [0.2, 0.25) is 0 Å². The van der Waals surface area contributed by atoms with Crippen LogP contribution in [0, 0.1) is 0 Å². The summed E-state index contributed by atoms with van der Waals surface area (Å²) in [6.45, 7) is 3.96. The van der Waals surface area contributed by atoms with E-state index < -0.39 is 40.9 Å². The Morgan fingerprint density at radius 1 is 0.614 bits per heavy atom. The van der Waals surface area contributed by atoms with Crippen LogP contribution in [0.5, 0.6) is 0 Å². The molecule has 2 heterocycles. The fourth-order valence-corrected chi connectivity index (χ4v) is 8.80. The summed E-state index contributed by atoms with van der Waals surface area (Å²) in [5, 5.41) is 0.